The second-order valence-electron chi connectivity index (χ2n) is 10.8. The van der Waals surface area contributed by atoms with Crippen molar-refractivity contribution in [2.45, 2.75) is 69.7 Å². The van der Waals surface area contributed by atoms with Crippen LogP contribution >= 0.6 is 0 Å². The Kier molecular flexibility index (Phi) is 5.84. The van der Waals surface area contributed by atoms with Gasteiger partial charge in [0.1, 0.15) is 5.60 Å². The molecule has 0 spiro atoms. The Morgan fingerprint density at radius 3 is 2.06 bits per heavy atom. The van der Waals surface area contributed by atoms with Crippen molar-refractivity contribution in [3.05, 3.63) is 71.8 Å². The molecule has 166 valence electrons. The van der Waals surface area contributed by atoms with E-state index in [1.54, 1.807) is 0 Å². The van der Waals surface area contributed by atoms with Crippen molar-refractivity contribution in [2.75, 3.05) is 13.1 Å². The van der Waals surface area contributed by atoms with Crippen LogP contribution in [0.3, 0.4) is 0 Å². The summed E-state index contributed by atoms with van der Waals surface area (Å²) in [7, 11) is 0. The van der Waals surface area contributed by atoms with Gasteiger partial charge in [0.05, 0.1) is 5.92 Å². The molecule has 2 aliphatic heterocycles. The van der Waals surface area contributed by atoms with Crippen LogP contribution in [0.25, 0.3) is 0 Å². The maximum Gasteiger partial charge on any atom is 0.170 e. The summed E-state index contributed by atoms with van der Waals surface area (Å²) in [4.78, 5) is 16.1. The Balaban J connectivity index is 1.66. The Labute approximate surface area is 186 Å². The van der Waals surface area contributed by atoms with Crippen molar-refractivity contribution in [3.63, 3.8) is 0 Å². The highest BCUT2D eigenvalue weighted by molar-refractivity contribution is 5.99. The van der Waals surface area contributed by atoms with E-state index >= 15 is 0 Å². The number of rotatable bonds is 4. The third kappa shape index (κ3) is 4.62. The van der Waals surface area contributed by atoms with Crippen molar-refractivity contribution in [1.29, 1.82) is 0 Å². The number of carbonyl (C=O) groups is 1. The molecular formula is C27H36N2O2. The molecule has 0 aromatic heterocycles. The molecule has 4 nitrogen and oxygen atoms in total. The van der Waals surface area contributed by atoms with Crippen LogP contribution in [0.15, 0.2) is 60.7 Å². The van der Waals surface area contributed by atoms with Gasteiger partial charge in [-0.25, -0.2) is 0 Å². The first kappa shape index (κ1) is 22.2. The van der Waals surface area contributed by atoms with Crippen LogP contribution in [0.4, 0.5) is 0 Å². The average Bonchev–Trinajstić information content (AvgIpc) is 2.72. The molecule has 2 N–H and O–H groups in total. The molecule has 0 saturated carbocycles. The van der Waals surface area contributed by atoms with Crippen LogP contribution in [0.5, 0.6) is 0 Å². The minimum atomic E-state index is -1.15. The lowest BCUT2D eigenvalue weighted by molar-refractivity contribution is -0.0809. The summed E-state index contributed by atoms with van der Waals surface area (Å²) in [6.07, 6.45) is 2.63. The molecule has 2 heterocycles. The van der Waals surface area contributed by atoms with Gasteiger partial charge < -0.3 is 10.4 Å². The summed E-state index contributed by atoms with van der Waals surface area (Å²) in [5, 5.41) is 15.7. The first-order valence-corrected chi connectivity index (χ1v) is 11.5. The summed E-state index contributed by atoms with van der Waals surface area (Å²) in [6.45, 7) is 10.4. The van der Waals surface area contributed by atoms with E-state index in [-0.39, 0.29) is 16.9 Å². The fraction of sp³-hybridized carbons (Fsp3) is 0.519. The number of likely N-dealkylation sites (tertiary alicyclic amines) is 1. The van der Waals surface area contributed by atoms with Crippen molar-refractivity contribution in [1.82, 2.24) is 10.2 Å². The van der Waals surface area contributed by atoms with E-state index in [2.05, 4.69) is 37.9 Å². The van der Waals surface area contributed by atoms with Gasteiger partial charge in [-0.1, -0.05) is 60.7 Å². The Bertz CT molecular complexity index is 893. The van der Waals surface area contributed by atoms with Gasteiger partial charge >= 0.3 is 0 Å². The van der Waals surface area contributed by atoms with Gasteiger partial charge in [0, 0.05) is 35.8 Å². The van der Waals surface area contributed by atoms with E-state index in [1.165, 1.54) is 0 Å². The summed E-state index contributed by atoms with van der Waals surface area (Å²) in [6, 6.07) is 19.6. The molecule has 4 rings (SSSR count). The molecule has 2 aromatic carbocycles. The minimum Gasteiger partial charge on any atom is -0.384 e. The largest absolute Gasteiger partial charge is 0.384 e. The number of carbonyl (C=O) groups excluding carboxylic acids is 1. The summed E-state index contributed by atoms with van der Waals surface area (Å²) < 4.78 is 0. The summed E-state index contributed by atoms with van der Waals surface area (Å²) in [5.74, 6) is -0.462. The Hall–Kier alpha value is -2.01. The van der Waals surface area contributed by atoms with Crippen LogP contribution in [0.2, 0.25) is 0 Å². The van der Waals surface area contributed by atoms with Crippen molar-refractivity contribution in [3.8, 4) is 0 Å². The normalized spacial score (nSPS) is 28.9. The lowest BCUT2D eigenvalue weighted by Gasteiger charge is -2.53. The first-order valence-electron chi connectivity index (χ1n) is 11.5. The zero-order valence-electron chi connectivity index (χ0n) is 19.3. The zero-order valence-corrected chi connectivity index (χ0v) is 19.3. The average molecular weight is 421 g/mol. The number of piperidine rings is 2. The molecule has 2 unspecified atom stereocenters. The number of Topliss-reactive ketones (excluding diaryl/α,β-unsaturated/α-hetero) is 1. The van der Waals surface area contributed by atoms with Crippen LogP contribution in [0.1, 0.15) is 62.9 Å². The number of ketones is 1. The maximum absolute atomic E-state index is 13.7. The Morgan fingerprint density at radius 1 is 0.935 bits per heavy atom. The van der Waals surface area contributed by atoms with Crippen LogP contribution in [-0.2, 0) is 5.60 Å². The van der Waals surface area contributed by atoms with Gasteiger partial charge in [-0.15, -0.1) is 0 Å². The van der Waals surface area contributed by atoms with Gasteiger partial charge in [0.2, 0.25) is 0 Å². The van der Waals surface area contributed by atoms with Crippen molar-refractivity contribution in [2.24, 2.45) is 5.92 Å². The molecule has 2 atom stereocenters. The zero-order chi connectivity index (χ0) is 22.3. The smallest absolute Gasteiger partial charge is 0.170 e. The van der Waals surface area contributed by atoms with E-state index in [1.807, 2.05) is 60.7 Å². The molecule has 2 saturated heterocycles. The van der Waals surface area contributed by atoms with Gasteiger partial charge in [-0.3, -0.25) is 9.69 Å². The molecular weight excluding hydrogens is 384 g/mol. The van der Waals surface area contributed by atoms with Gasteiger partial charge in [0.15, 0.2) is 5.78 Å². The highest BCUT2D eigenvalue weighted by Crippen LogP contribution is 2.42. The van der Waals surface area contributed by atoms with Gasteiger partial charge in [-0.05, 0) is 52.5 Å². The number of hydrogen-bond acceptors (Lipinski definition) is 4. The van der Waals surface area contributed by atoms with E-state index in [0.717, 1.165) is 24.9 Å². The number of nitrogens with zero attached hydrogens (tertiary/aromatic N) is 1. The van der Waals surface area contributed by atoms with E-state index < -0.39 is 11.5 Å². The van der Waals surface area contributed by atoms with Crippen LogP contribution in [0, 0.1) is 5.92 Å². The molecule has 0 aliphatic carbocycles. The SMILES string of the molecule is CC1(C)CC(N2CCC(O)(c3ccccc3)C(C(=O)c3ccccc3)C2)CC(C)(C)N1. The number of hydrogen-bond donors (Lipinski definition) is 2. The third-order valence-corrected chi connectivity index (χ3v) is 7.11. The number of aliphatic hydroxyl groups is 1. The highest BCUT2D eigenvalue weighted by Gasteiger charge is 2.49. The molecule has 0 amide bonds. The summed E-state index contributed by atoms with van der Waals surface area (Å²) >= 11 is 0. The summed E-state index contributed by atoms with van der Waals surface area (Å²) in [5.41, 5.74) is 0.448. The van der Waals surface area contributed by atoms with E-state index in [9.17, 15) is 9.90 Å². The second-order valence-corrected chi connectivity index (χ2v) is 10.8. The van der Waals surface area contributed by atoms with Crippen molar-refractivity contribution < 1.29 is 9.90 Å². The molecule has 2 fully saturated rings. The standard InChI is InChI=1S/C27H36N2O2/c1-25(2)17-22(18-26(3,4)28-25)29-16-15-27(31,21-13-9-6-10-14-21)23(19-29)24(30)20-11-7-5-8-12-20/h5-14,22-23,28,31H,15-19H2,1-4H3. The lowest BCUT2D eigenvalue weighted by Crippen LogP contribution is -2.64. The number of benzene rings is 2. The molecule has 2 aliphatic rings. The van der Waals surface area contributed by atoms with E-state index in [4.69, 9.17) is 0 Å². The van der Waals surface area contributed by atoms with Crippen LogP contribution < -0.4 is 5.32 Å². The maximum atomic E-state index is 13.7. The molecule has 0 radical (unpaired) electrons. The molecule has 31 heavy (non-hydrogen) atoms. The van der Waals surface area contributed by atoms with Crippen molar-refractivity contribution >= 4 is 5.78 Å². The minimum absolute atomic E-state index is 0.0316. The van der Waals surface area contributed by atoms with Gasteiger partial charge in [-0.2, -0.15) is 0 Å². The second kappa shape index (κ2) is 8.16. The van der Waals surface area contributed by atoms with Crippen LogP contribution in [-0.4, -0.2) is 46.0 Å². The Morgan fingerprint density at radius 2 is 1.48 bits per heavy atom. The topological polar surface area (TPSA) is 52.6 Å². The predicted molar refractivity (Wildman–Crippen MR) is 125 cm³/mol. The molecule has 4 heteroatoms. The van der Waals surface area contributed by atoms with Gasteiger partial charge in [0.25, 0.3) is 0 Å². The number of nitrogens with one attached hydrogen (secondary N) is 1. The fourth-order valence-corrected chi connectivity index (χ4v) is 6.00. The monoisotopic (exact) mass is 420 g/mol. The lowest BCUT2D eigenvalue weighted by atomic mass is 9.71. The van der Waals surface area contributed by atoms with E-state index in [0.29, 0.717) is 24.6 Å². The third-order valence-electron chi connectivity index (χ3n) is 7.11. The fourth-order valence-electron chi connectivity index (χ4n) is 6.00. The highest BCUT2D eigenvalue weighted by atomic mass is 16.3. The molecule has 0 bridgehead atoms. The predicted octanol–water partition coefficient (Wildman–Crippen LogP) is 4.39. The molecule has 2 aromatic rings. The first-order chi connectivity index (χ1) is 14.6. The quantitative estimate of drug-likeness (QED) is 0.721.